The van der Waals surface area contributed by atoms with Crippen LogP contribution in [-0.2, 0) is 6.54 Å². The fraction of sp³-hybridized carbons (Fsp3) is 0.611. The Balaban J connectivity index is 1.63. The largest absolute Gasteiger partial charge is 0.396 e. The van der Waals surface area contributed by atoms with Crippen LogP contribution in [0.15, 0.2) is 24.5 Å². The molecule has 0 aliphatic heterocycles. The highest BCUT2D eigenvalue weighted by molar-refractivity contribution is 5.42. The summed E-state index contributed by atoms with van der Waals surface area (Å²) >= 11 is 0. The lowest BCUT2D eigenvalue weighted by atomic mass is 9.72. The molecular formula is C18H27N3O. The number of nitrogens with one attached hydrogen (secondary N) is 1. The molecule has 2 N–H and O–H groups in total. The van der Waals surface area contributed by atoms with Crippen LogP contribution in [0.5, 0.6) is 0 Å². The third-order valence-electron chi connectivity index (χ3n) is 5.11. The molecule has 0 saturated heterocycles. The second-order valence-electron chi connectivity index (χ2n) is 6.82. The van der Waals surface area contributed by atoms with E-state index in [-0.39, 0.29) is 0 Å². The van der Waals surface area contributed by atoms with E-state index in [4.69, 9.17) is 0 Å². The Labute approximate surface area is 132 Å². The number of rotatable bonds is 6. The van der Waals surface area contributed by atoms with Gasteiger partial charge in [-0.05, 0) is 49.3 Å². The summed E-state index contributed by atoms with van der Waals surface area (Å²) in [6.45, 7) is 4.22. The van der Waals surface area contributed by atoms with E-state index in [1.165, 1.54) is 43.4 Å². The van der Waals surface area contributed by atoms with Crippen molar-refractivity contribution in [3.63, 3.8) is 0 Å². The molecule has 1 aliphatic carbocycles. The molecule has 0 aromatic carbocycles. The van der Waals surface area contributed by atoms with Crippen LogP contribution in [0.1, 0.15) is 49.8 Å². The average Bonchev–Trinajstić information content (AvgIpc) is 2.91. The highest BCUT2D eigenvalue weighted by atomic mass is 16.3. The lowest BCUT2D eigenvalue weighted by Gasteiger charge is -2.37. The molecule has 0 amide bonds. The predicted molar refractivity (Wildman–Crippen MR) is 88.9 cm³/mol. The van der Waals surface area contributed by atoms with Crippen molar-refractivity contribution >= 4 is 5.65 Å². The van der Waals surface area contributed by atoms with E-state index in [0.29, 0.717) is 12.0 Å². The van der Waals surface area contributed by atoms with Gasteiger partial charge in [0.25, 0.3) is 0 Å². The number of nitrogens with zero attached hydrogens (tertiary/aromatic N) is 2. The fourth-order valence-corrected chi connectivity index (χ4v) is 3.78. The van der Waals surface area contributed by atoms with E-state index in [1.54, 1.807) is 0 Å². The highest BCUT2D eigenvalue weighted by Gasteiger charge is 2.30. The number of hydrogen-bond acceptors (Lipinski definition) is 3. The summed E-state index contributed by atoms with van der Waals surface area (Å²) < 4.78 is 2.15. The molecule has 2 aromatic rings. The van der Waals surface area contributed by atoms with Crippen molar-refractivity contribution in [1.82, 2.24) is 14.7 Å². The minimum absolute atomic E-state index is 0.296. The molecule has 0 radical (unpaired) electrons. The Morgan fingerprint density at radius 3 is 2.91 bits per heavy atom. The number of aryl methyl sites for hydroxylation is 1. The summed E-state index contributed by atoms with van der Waals surface area (Å²) in [7, 11) is 0. The Hall–Kier alpha value is -1.39. The summed E-state index contributed by atoms with van der Waals surface area (Å²) in [5.41, 5.74) is 3.75. The molecule has 0 bridgehead atoms. The van der Waals surface area contributed by atoms with E-state index in [1.807, 2.05) is 6.20 Å². The Bertz CT molecular complexity index is 608. The quantitative estimate of drug-likeness (QED) is 0.862. The van der Waals surface area contributed by atoms with Gasteiger partial charge in [-0.2, -0.15) is 0 Å². The van der Waals surface area contributed by atoms with Gasteiger partial charge in [-0.1, -0.05) is 19.3 Å². The summed E-state index contributed by atoms with van der Waals surface area (Å²) in [4.78, 5) is 4.48. The van der Waals surface area contributed by atoms with Crippen LogP contribution in [0, 0.1) is 12.3 Å². The number of aliphatic hydroxyl groups excluding tert-OH is 1. The van der Waals surface area contributed by atoms with Crippen molar-refractivity contribution in [2.75, 3.05) is 13.2 Å². The van der Waals surface area contributed by atoms with E-state index < -0.39 is 0 Å². The summed E-state index contributed by atoms with van der Waals surface area (Å²) in [6.07, 6.45) is 11.4. The van der Waals surface area contributed by atoms with Crippen molar-refractivity contribution < 1.29 is 5.11 Å². The van der Waals surface area contributed by atoms with Gasteiger partial charge in [-0.25, -0.2) is 4.98 Å². The van der Waals surface area contributed by atoms with Gasteiger partial charge in [0.1, 0.15) is 5.65 Å². The zero-order valence-corrected chi connectivity index (χ0v) is 13.5. The normalized spacial score (nSPS) is 17.9. The maximum Gasteiger partial charge on any atom is 0.137 e. The molecule has 1 saturated carbocycles. The van der Waals surface area contributed by atoms with Crippen LogP contribution in [0.3, 0.4) is 0 Å². The van der Waals surface area contributed by atoms with Gasteiger partial charge in [0.05, 0.1) is 11.9 Å². The van der Waals surface area contributed by atoms with Gasteiger partial charge < -0.3 is 14.8 Å². The number of fused-ring (bicyclic) bond motifs is 1. The average molecular weight is 301 g/mol. The molecule has 1 aliphatic rings. The third kappa shape index (κ3) is 3.33. The molecular weight excluding hydrogens is 274 g/mol. The van der Waals surface area contributed by atoms with Crippen LogP contribution < -0.4 is 5.32 Å². The number of aliphatic hydroxyl groups is 1. The minimum Gasteiger partial charge on any atom is -0.396 e. The SMILES string of the molecule is Cc1ccn2c(CNCC3(CCO)CCCCC3)cnc2c1. The van der Waals surface area contributed by atoms with Gasteiger partial charge in [-0.15, -0.1) is 0 Å². The molecule has 1 fully saturated rings. The van der Waals surface area contributed by atoms with E-state index in [9.17, 15) is 5.11 Å². The van der Waals surface area contributed by atoms with Crippen LogP contribution in [-0.4, -0.2) is 27.6 Å². The lowest BCUT2D eigenvalue weighted by molar-refractivity contribution is 0.126. The molecule has 0 spiro atoms. The Morgan fingerprint density at radius 1 is 1.32 bits per heavy atom. The monoisotopic (exact) mass is 301 g/mol. The van der Waals surface area contributed by atoms with Crippen molar-refractivity contribution in [1.29, 1.82) is 0 Å². The zero-order valence-electron chi connectivity index (χ0n) is 13.5. The standard InChI is InChI=1S/C18H27N3O/c1-15-5-9-21-16(13-20-17(21)11-15)12-19-14-18(8-10-22)6-3-2-4-7-18/h5,9,11,13,19,22H,2-4,6-8,10,12,14H2,1H3. The van der Waals surface area contributed by atoms with E-state index in [2.05, 4.69) is 40.0 Å². The fourth-order valence-electron chi connectivity index (χ4n) is 3.78. The first-order valence-electron chi connectivity index (χ1n) is 8.47. The Morgan fingerprint density at radius 2 is 2.14 bits per heavy atom. The molecule has 0 unspecified atom stereocenters. The van der Waals surface area contributed by atoms with Gasteiger partial charge in [-0.3, -0.25) is 0 Å². The lowest BCUT2D eigenvalue weighted by Crippen LogP contribution is -2.36. The van der Waals surface area contributed by atoms with Crippen molar-refractivity contribution in [3.05, 3.63) is 35.8 Å². The van der Waals surface area contributed by atoms with E-state index >= 15 is 0 Å². The molecule has 4 heteroatoms. The van der Waals surface area contributed by atoms with Crippen molar-refractivity contribution in [3.8, 4) is 0 Å². The first kappa shape index (κ1) is 15.5. The zero-order chi connectivity index (χ0) is 15.4. The number of imidazole rings is 1. The second-order valence-corrected chi connectivity index (χ2v) is 6.82. The number of hydrogen-bond donors (Lipinski definition) is 2. The topological polar surface area (TPSA) is 49.6 Å². The van der Waals surface area contributed by atoms with Gasteiger partial charge in [0, 0.05) is 25.9 Å². The summed E-state index contributed by atoms with van der Waals surface area (Å²) in [5, 5.41) is 13.0. The highest BCUT2D eigenvalue weighted by Crippen LogP contribution is 2.38. The molecule has 3 rings (SSSR count). The minimum atomic E-state index is 0.296. The summed E-state index contributed by atoms with van der Waals surface area (Å²) in [6, 6.07) is 4.23. The van der Waals surface area contributed by atoms with Crippen molar-refractivity contribution in [2.24, 2.45) is 5.41 Å². The van der Waals surface area contributed by atoms with Crippen LogP contribution in [0.25, 0.3) is 5.65 Å². The number of aromatic nitrogens is 2. The molecule has 0 atom stereocenters. The smallest absolute Gasteiger partial charge is 0.137 e. The predicted octanol–water partition coefficient (Wildman–Crippen LogP) is 3.07. The maximum absolute atomic E-state index is 9.39. The molecule has 4 nitrogen and oxygen atoms in total. The Kier molecular flexibility index (Phi) is 4.79. The van der Waals surface area contributed by atoms with Crippen LogP contribution >= 0.6 is 0 Å². The van der Waals surface area contributed by atoms with Gasteiger partial charge in [0.15, 0.2) is 0 Å². The first-order chi connectivity index (χ1) is 10.7. The molecule has 120 valence electrons. The summed E-state index contributed by atoms with van der Waals surface area (Å²) in [5.74, 6) is 0. The molecule has 2 heterocycles. The molecule has 22 heavy (non-hydrogen) atoms. The van der Waals surface area contributed by atoms with Crippen LogP contribution in [0.4, 0.5) is 0 Å². The second kappa shape index (κ2) is 6.80. The first-order valence-corrected chi connectivity index (χ1v) is 8.47. The van der Waals surface area contributed by atoms with Gasteiger partial charge in [0.2, 0.25) is 0 Å². The van der Waals surface area contributed by atoms with Crippen molar-refractivity contribution in [2.45, 2.75) is 52.0 Å². The maximum atomic E-state index is 9.39. The molecule has 2 aromatic heterocycles. The van der Waals surface area contributed by atoms with Gasteiger partial charge >= 0.3 is 0 Å². The number of pyridine rings is 1. The van der Waals surface area contributed by atoms with Crippen LogP contribution in [0.2, 0.25) is 0 Å². The van der Waals surface area contributed by atoms with E-state index in [0.717, 1.165) is 25.2 Å². The third-order valence-corrected chi connectivity index (χ3v) is 5.11.